The molecule has 4 rings (SSSR count). The number of hydrogen-bond donors (Lipinski definition) is 0. The highest BCUT2D eigenvalue weighted by Gasteiger charge is 2.22. The summed E-state index contributed by atoms with van der Waals surface area (Å²) >= 11 is 0. The van der Waals surface area contributed by atoms with Gasteiger partial charge in [0.25, 0.3) is 0 Å². The normalized spacial score (nSPS) is 11.4. The van der Waals surface area contributed by atoms with Gasteiger partial charge in [0.15, 0.2) is 11.6 Å². The average molecular weight is 424 g/mol. The van der Waals surface area contributed by atoms with Crippen molar-refractivity contribution in [2.75, 3.05) is 14.1 Å². The standard InChI is InChI=1S/C26H25N5O/c1-18-8-12-20(13-9-18)21-6-5-7-22(16-21)25(32)24(17-30(3)4)26-27-28-29-31(26)23-14-10-19(2)11-15-23/h5-17H,1-4H3. The molecule has 32 heavy (non-hydrogen) atoms. The summed E-state index contributed by atoms with van der Waals surface area (Å²) in [5.41, 5.74) is 6.17. The second kappa shape index (κ2) is 8.98. The zero-order valence-electron chi connectivity index (χ0n) is 18.6. The van der Waals surface area contributed by atoms with Crippen LogP contribution in [0.3, 0.4) is 0 Å². The fourth-order valence-corrected chi connectivity index (χ4v) is 3.43. The number of rotatable bonds is 6. The number of benzene rings is 3. The van der Waals surface area contributed by atoms with Gasteiger partial charge in [-0.05, 0) is 53.6 Å². The lowest BCUT2D eigenvalue weighted by Gasteiger charge is -2.13. The lowest BCUT2D eigenvalue weighted by Crippen LogP contribution is -2.13. The Labute approximate surface area is 187 Å². The Hall–Kier alpha value is -4.06. The van der Waals surface area contributed by atoms with E-state index in [1.807, 2.05) is 74.4 Å². The van der Waals surface area contributed by atoms with Crippen LogP contribution in [-0.4, -0.2) is 45.0 Å². The largest absolute Gasteiger partial charge is 0.383 e. The van der Waals surface area contributed by atoms with Crippen LogP contribution in [0.15, 0.2) is 79.0 Å². The van der Waals surface area contributed by atoms with Crippen LogP contribution >= 0.6 is 0 Å². The summed E-state index contributed by atoms with van der Waals surface area (Å²) in [6.45, 7) is 4.08. The third kappa shape index (κ3) is 4.49. The summed E-state index contributed by atoms with van der Waals surface area (Å²) in [4.78, 5) is 15.5. The van der Waals surface area contributed by atoms with Crippen LogP contribution in [0.5, 0.6) is 0 Å². The number of nitrogens with zero attached hydrogens (tertiary/aromatic N) is 5. The zero-order valence-corrected chi connectivity index (χ0v) is 18.6. The second-order valence-electron chi connectivity index (χ2n) is 8.03. The number of carbonyl (C=O) groups is 1. The number of ketones is 1. The first-order chi connectivity index (χ1) is 15.4. The molecule has 0 atom stereocenters. The highest BCUT2D eigenvalue weighted by molar-refractivity contribution is 6.28. The smallest absolute Gasteiger partial charge is 0.198 e. The van der Waals surface area contributed by atoms with Crippen LogP contribution in [0.4, 0.5) is 0 Å². The van der Waals surface area contributed by atoms with E-state index in [-0.39, 0.29) is 5.78 Å². The molecular weight excluding hydrogens is 398 g/mol. The van der Waals surface area contributed by atoms with Gasteiger partial charge in [-0.1, -0.05) is 65.7 Å². The van der Waals surface area contributed by atoms with Gasteiger partial charge in [0.1, 0.15) is 0 Å². The first-order valence-corrected chi connectivity index (χ1v) is 10.4. The van der Waals surface area contributed by atoms with Crippen molar-refractivity contribution in [1.82, 2.24) is 25.1 Å². The molecule has 0 amide bonds. The minimum Gasteiger partial charge on any atom is -0.383 e. The van der Waals surface area contributed by atoms with Gasteiger partial charge >= 0.3 is 0 Å². The van der Waals surface area contributed by atoms with Gasteiger partial charge in [0.05, 0.1) is 11.3 Å². The Morgan fingerprint density at radius 2 is 1.53 bits per heavy atom. The molecule has 0 unspecified atom stereocenters. The van der Waals surface area contributed by atoms with Crippen molar-refractivity contribution in [3.63, 3.8) is 0 Å². The Bertz CT molecular complexity index is 1270. The maximum absolute atomic E-state index is 13.7. The fourth-order valence-electron chi connectivity index (χ4n) is 3.43. The Morgan fingerprint density at radius 1 is 0.875 bits per heavy atom. The van der Waals surface area contributed by atoms with E-state index < -0.39 is 0 Å². The highest BCUT2D eigenvalue weighted by Crippen LogP contribution is 2.25. The summed E-state index contributed by atoms with van der Waals surface area (Å²) in [5, 5.41) is 12.2. The van der Waals surface area contributed by atoms with Crippen LogP contribution < -0.4 is 0 Å². The minimum absolute atomic E-state index is 0.143. The SMILES string of the molecule is Cc1ccc(-c2cccc(C(=O)C(=CN(C)C)c3nnnn3-c3ccc(C)cc3)c2)cc1. The molecule has 0 N–H and O–H groups in total. The van der Waals surface area contributed by atoms with Crippen LogP contribution in [0, 0.1) is 13.8 Å². The molecule has 0 saturated heterocycles. The van der Waals surface area contributed by atoms with Gasteiger partial charge in [0, 0.05) is 25.9 Å². The van der Waals surface area contributed by atoms with Gasteiger partial charge in [-0.25, -0.2) is 0 Å². The number of tetrazole rings is 1. The maximum atomic E-state index is 13.7. The molecule has 1 aromatic heterocycles. The predicted molar refractivity (Wildman–Crippen MR) is 127 cm³/mol. The monoisotopic (exact) mass is 423 g/mol. The maximum Gasteiger partial charge on any atom is 0.198 e. The van der Waals surface area contributed by atoms with Gasteiger partial charge in [-0.2, -0.15) is 4.68 Å². The fraction of sp³-hybridized carbons (Fsp3) is 0.154. The van der Waals surface area contributed by atoms with Crippen molar-refractivity contribution in [3.8, 4) is 16.8 Å². The van der Waals surface area contributed by atoms with Crippen molar-refractivity contribution < 1.29 is 4.79 Å². The second-order valence-corrected chi connectivity index (χ2v) is 8.03. The minimum atomic E-state index is -0.143. The summed E-state index contributed by atoms with van der Waals surface area (Å²) in [6.07, 6.45) is 1.76. The molecule has 0 aliphatic heterocycles. The molecule has 0 fully saturated rings. The third-order valence-corrected chi connectivity index (χ3v) is 5.13. The molecular formula is C26H25N5O. The lowest BCUT2D eigenvalue weighted by molar-refractivity contribution is 0.105. The molecule has 1 heterocycles. The molecule has 160 valence electrons. The predicted octanol–water partition coefficient (Wildman–Crippen LogP) is 4.73. The molecule has 0 aliphatic carbocycles. The van der Waals surface area contributed by atoms with Crippen molar-refractivity contribution >= 4 is 11.4 Å². The molecule has 0 bridgehead atoms. The van der Waals surface area contributed by atoms with Crippen LogP contribution in [-0.2, 0) is 0 Å². The molecule has 6 nitrogen and oxygen atoms in total. The van der Waals surface area contributed by atoms with Crippen molar-refractivity contribution in [2.45, 2.75) is 13.8 Å². The van der Waals surface area contributed by atoms with Gasteiger partial charge in [-0.3, -0.25) is 4.79 Å². The average Bonchev–Trinajstić information content (AvgIpc) is 3.27. The Kier molecular flexibility index (Phi) is 5.94. The topological polar surface area (TPSA) is 63.9 Å². The summed E-state index contributed by atoms with van der Waals surface area (Å²) in [6, 6.07) is 23.8. The van der Waals surface area contributed by atoms with E-state index in [0.29, 0.717) is 17.0 Å². The van der Waals surface area contributed by atoms with Gasteiger partial charge < -0.3 is 4.90 Å². The molecule has 3 aromatic carbocycles. The number of allylic oxidation sites excluding steroid dienone is 1. The van der Waals surface area contributed by atoms with Crippen LogP contribution in [0.2, 0.25) is 0 Å². The third-order valence-electron chi connectivity index (χ3n) is 5.13. The zero-order chi connectivity index (χ0) is 22.7. The van der Waals surface area contributed by atoms with E-state index in [4.69, 9.17) is 0 Å². The van der Waals surface area contributed by atoms with E-state index in [2.05, 4.69) is 46.7 Å². The van der Waals surface area contributed by atoms with E-state index in [1.54, 1.807) is 10.9 Å². The Morgan fingerprint density at radius 3 is 2.19 bits per heavy atom. The molecule has 6 heteroatoms. The number of hydrogen-bond acceptors (Lipinski definition) is 5. The molecule has 4 aromatic rings. The van der Waals surface area contributed by atoms with E-state index in [1.165, 1.54) is 5.56 Å². The molecule has 0 radical (unpaired) electrons. The first kappa shape index (κ1) is 21.2. The van der Waals surface area contributed by atoms with Crippen molar-refractivity contribution in [1.29, 1.82) is 0 Å². The summed E-state index contributed by atoms with van der Waals surface area (Å²) < 4.78 is 1.59. The van der Waals surface area contributed by atoms with E-state index >= 15 is 0 Å². The van der Waals surface area contributed by atoms with Crippen molar-refractivity contribution in [2.24, 2.45) is 0 Å². The first-order valence-electron chi connectivity index (χ1n) is 10.4. The number of Topliss-reactive ketones (excluding diaryl/α,β-unsaturated/α-hetero) is 1. The number of aryl methyl sites for hydroxylation is 2. The molecule has 0 aliphatic rings. The van der Waals surface area contributed by atoms with Crippen LogP contribution in [0.1, 0.15) is 27.3 Å². The Balaban J connectivity index is 1.76. The van der Waals surface area contributed by atoms with Gasteiger partial charge in [0.2, 0.25) is 0 Å². The van der Waals surface area contributed by atoms with Crippen LogP contribution in [0.25, 0.3) is 22.4 Å². The highest BCUT2D eigenvalue weighted by atomic mass is 16.1. The molecule has 0 saturated carbocycles. The van der Waals surface area contributed by atoms with Gasteiger partial charge in [-0.15, -0.1) is 5.10 Å². The van der Waals surface area contributed by atoms with Crippen molar-refractivity contribution in [3.05, 3.63) is 102 Å². The number of aromatic nitrogens is 4. The molecule has 0 spiro atoms. The summed E-state index contributed by atoms with van der Waals surface area (Å²) in [7, 11) is 3.74. The lowest BCUT2D eigenvalue weighted by atomic mass is 9.97. The van der Waals surface area contributed by atoms with E-state index in [9.17, 15) is 4.79 Å². The number of carbonyl (C=O) groups excluding carboxylic acids is 1. The van der Waals surface area contributed by atoms with E-state index in [0.717, 1.165) is 22.4 Å². The quantitative estimate of drug-likeness (QED) is 0.331. The summed E-state index contributed by atoms with van der Waals surface area (Å²) in [5.74, 6) is 0.254.